The highest BCUT2D eigenvalue weighted by molar-refractivity contribution is 5.92. The molecule has 19 heavy (non-hydrogen) atoms. The molecule has 0 unspecified atom stereocenters. The van der Waals surface area contributed by atoms with E-state index in [1.165, 1.54) is 0 Å². The zero-order valence-corrected chi connectivity index (χ0v) is 10.5. The molecule has 0 saturated carbocycles. The van der Waals surface area contributed by atoms with Gasteiger partial charge in [-0.2, -0.15) is 5.26 Å². The molecule has 0 atom stereocenters. The Morgan fingerprint density at radius 3 is 2.58 bits per heavy atom. The summed E-state index contributed by atoms with van der Waals surface area (Å²) < 4.78 is 32.4. The zero-order chi connectivity index (χ0) is 14.3. The van der Waals surface area contributed by atoms with Crippen LogP contribution in [0.25, 0.3) is 0 Å². The number of hydrogen-bond donors (Lipinski definition) is 1. The van der Waals surface area contributed by atoms with Crippen molar-refractivity contribution in [3.8, 4) is 11.8 Å². The standard InChI is InChI=1S/C13H14F2N2O2/c1-2-3-6-19-9-7-10(14)13(11(15)8-9)17-12(18)4-5-16/h7-8H,2-4,6H2,1H3,(H,17,18). The molecule has 0 saturated heterocycles. The van der Waals surface area contributed by atoms with Crippen LogP contribution in [-0.2, 0) is 4.79 Å². The van der Waals surface area contributed by atoms with Crippen LogP contribution in [0.3, 0.4) is 0 Å². The van der Waals surface area contributed by atoms with Gasteiger partial charge in [0.05, 0.1) is 12.7 Å². The minimum absolute atomic E-state index is 0.0710. The number of rotatable bonds is 6. The number of anilines is 1. The largest absolute Gasteiger partial charge is 0.493 e. The van der Waals surface area contributed by atoms with Gasteiger partial charge in [-0.05, 0) is 6.42 Å². The summed E-state index contributed by atoms with van der Waals surface area (Å²) in [6.07, 6.45) is 1.23. The van der Waals surface area contributed by atoms with Gasteiger partial charge in [0.25, 0.3) is 0 Å². The van der Waals surface area contributed by atoms with Crippen LogP contribution in [0.5, 0.6) is 5.75 Å². The second kappa shape index (κ2) is 7.31. The molecule has 4 nitrogen and oxygen atoms in total. The van der Waals surface area contributed by atoms with Gasteiger partial charge in [-0.15, -0.1) is 0 Å². The summed E-state index contributed by atoms with van der Waals surface area (Å²) in [4.78, 5) is 11.1. The Labute approximate surface area is 110 Å². The molecule has 0 spiro atoms. The third kappa shape index (κ3) is 4.54. The minimum Gasteiger partial charge on any atom is -0.493 e. The van der Waals surface area contributed by atoms with E-state index >= 15 is 0 Å². The Morgan fingerprint density at radius 2 is 2.05 bits per heavy atom. The summed E-state index contributed by atoms with van der Waals surface area (Å²) >= 11 is 0. The Bertz CT molecular complexity index is 475. The fraction of sp³-hybridized carbons (Fsp3) is 0.385. The topological polar surface area (TPSA) is 62.1 Å². The Kier molecular flexibility index (Phi) is 5.73. The predicted octanol–water partition coefficient (Wildman–Crippen LogP) is 3.00. The smallest absolute Gasteiger partial charge is 0.238 e. The molecular weight excluding hydrogens is 254 g/mol. The number of amides is 1. The Hall–Kier alpha value is -2.16. The van der Waals surface area contributed by atoms with Gasteiger partial charge < -0.3 is 10.1 Å². The van der Waals surface area contributed by atoms with Gasteiger partial charge in [-0.3, -0.25) is 4.79 Å². The van der Waals surface area contributed by atoms with Gasteiger partial charge in [-0.25, -0.2) is 8.78 Å². The van der Waals surface area contributed by atoms with Crippen molar-refractivity contribution in [2.24, 2.45) is 0 Å². The van der Waals surface area contributed by atoms with Gasteiger partial charge in [0.2, 0.25) is 5.91 Å². The van der Waals surface area contributed by atoms with E-state index in [0.717, 1.165) is 25.0 Å². The van der Waals surface area contributed by atoms with E-state index in [1.807, 2.05) is 12.2 Å². The van der Waals surface area contributed by atoms with E-state index in [4.69, 9.17) is 10.00 Å². The van der Waals surface area contributed by atoms with E-state index in [1.54, 1.807) is 6.07 Å². The fourth-order valence-electron chi connectivity index (χ4n) is 1.34. The third-order valence-electron chi connectivity index (χ3n) is 2.29. The van der Waals surface area contributed by atoms with Crippen LogP contribution in [0.4, 0.5) is 14.5 Å². The Morgan fingerprint density at radius 1 is 1.42 bits per heavy atom. The molecule has 0 aliphatic heterocycles. The molecule has 1 N–H and O–H groups in total. The van der Waals surface area contributed by atoms with E-state index < -0.39 is 29.6 Å². The number of carbonyl (C=O) groups excluding carboxylic acids is 1. The summed E-state index contributed by atoms with van der Waals surface area (Å²) in [7, 11) is 0. The average Bonchev–Trinajstić information content (AvgIpc) is 2.34. The van der Waals surface area contributed by atoms with E-state index in [9.17, 15) is 13.6 Å². The first-order chi connectivity index (χ1) is 9.08. The lowest BCUT2D eigenvalue weighted by molar-refractivity contribution is -0.115. The molecule has 1 aromatic rings. The van der Waals surface area contributed by atoms with Crippen LogP contribution in [0.2, 0.25) is 0 Å². The first-order valence-electron chi connectivity index (χ1n) is 5.87. The van der Waals surface area contributed by atoms with Crippen molar-refractivity contribution >= 4 is 11.6 Å². The lowest BCUT2D eigenvalue weighted by Crippen LogP contribution is -2.13. The summed E-state index contributed by atoms with van der Waals surface area (Å²) in [5, 5.41) is 10.3. The number of nitrogens with zero attached hydrogens (tertiary/aromatic N) is 1. The molecule has 0 heterocycles. The van der Waals surface area contributed by atoms with Crippen molar-refractivity contribution in [3.05, 3.63) is 23.8 Å². The number of hydrogen-bond acceptors (Lipinski definition) is 3. The molecule has 0 fully saturated rings. The van der Waals surface area contributed by atoms with Crippen LogP contribution < -0.4 is 10.1 Å². The first-order valence-corrected chi connectivity index (χ1v) is 5.87. The Balaban J connectivity index is 2.80. The maximum atomic E-state index is 13.6. The van der Waals surface area contributed by atoms with Crippen molar-refractivity contribution < 1.29 is 18.3 Å². The molecule has 0 aliphatic rings. The fourth-order valence-corrected chi connectivity index (χ4v) is 1.34. The molecule has 1 rings (SSSR count). The van der Waals surface area contributed by atoms with Gasteiger partial charge in [0, 0.05) is 12.1 Å². The molecule has 0 bridgehead atoms. The minimum atomic E-state index is -0.933. The number of nitrogens with one attached hydrogen (secondary N) is 1. The molecule has 102 valence electrons. The number of unbranched alkanes of at least 4 members (excludes halogenated alkanes) is 1. The summed E-state index contributed by atoms with van der Waals surface area (Å²) in [5.41, 5.74) is -0.567. The summed E-state index contributed by atoms with van der Waals surface area (Å²) in [5.74, 6) is -2.56. The van der Waals surface area contributed by atoms with Crippen LogP contribution in [0.15, 0.2) is 12.1 Å². The van der Waals surface area contributed by atoms with Crippen molar-refractivity contribution in [2.75, 3.05) is 11.9 Å². The second-order valence-corrected chi connectivity index (χ2v) is 3.85. The third-order valence-corrected chi connectivity index (χ3v) is 2.29. The summed E-state index contributed by atoms with van der Waals surface area (Å²) in [6.45, 7) is 2.34. The number of nitriles is 1. The number of carbonyl (C=O) groups is 1. The van der Waals surface area contributed by atoms with E-state index in [2.05, 4.69) is 0 Å². The van der Waals surface area contributed by atoms with Crippen molar-refractivity contribution in [2.45, 2.75) is 26.2 Å². The molecule has 1 amide bonds. The highest BCUT2D eigenvalue weighted by Crippen LogP contribution is 2.25. The SMILES string of the molecule is CCCCOc1cc(F)c(NC(=O)CC#N)c(F)c1. The van der Waals surface area contributed by atoms with Gasteiger partial charge in [-0.1, -0.05) is 13.3 Å². The van der Waals surface area contributed by atoms with Crippen LogP contribution >= 0.6 is 0 Å². The normalized spacial score (nSPS) is 9.79. The maximum Gasteiger partial charge on any atom is 0.238 e. The van der Waals surface area contributed by atoms with Crippen molar-refractivity contribution in [1.82, 2.24) is 0 Å². The van der Waals surface area contributed by atoms with Gasteiger partial charge in [0.15, 0.2) is 11.6 Å². The maximum absolute atomic E-state index is 13.6. The van der Waals surface area contributed by atoms with Crippen molar-refractivity contribution in [1.29, 1.82) is 5.26 Å². The number of halogens is 2. The molecule has 0 aliphatic carbocycles. The van der Waals surface area contributed by atoms with Crippen molar-refractivity contribution in [3.63, 3.8) is 0 Å². The molecule has 0 aromatic heterocycles. The highest BCUT2D eigenvalue weighted by atomic mass is 19.1. The van der Waals surface area contributed by atoms with Gasteiger partial charge in [0.1, 0.15) is 17.9 Å². The molecule has 0 radical (unpaired) electrons. The van der Waals surface area contributed by atoms with Crippen LogP contribution in [0.1, 0.15) is 26.2 Å². The van der Waals surface area contributed by atoms with Crippen LogP contribution in [0, 0.1) is 23.0 Å². The molecule has 6 heteroatoms. The number of ether oxygens (including phenoxy) is 1. The second-order valence-electron chi connectivity index (χ2n) is 3.85. The molecular formula is C13H14F2N2O2. The lowest BCUT2D eigenvalue weighted by Gasteiger charge is -2.10. The predicted molar refractivity (Wildman–Crippen MR) is 65.6 cm³/mol. The lowest BCUT2D eigenvalue weighted by atomic mass is 10.2. The monoisotopic (exact) mass is 268 g/mol. The summed E-state index contributed by atoms with van der Waals surface area (Å²) in [6, 6.07) is 3.59. The molecule has 1 aromatic carbocycles. The van der Waals surface area contributed by atoms with E-state index in [0.29, 0.717) is 6.61 Å². The van der Waals surface area contributed by atoms with Crippen LogP contribution in [-0.4, -0.2) is 12.5 Å². The zero-order valence-electron chi connectivity index (χ0n) is 10.5. The highest BCUT2D eigenvalue weighted by Gasteiger charge is 2.14. The van der Waals surface area contributed by atoms with Gasteiger partial charge >= 0.3 is 0 Å². The average molecular weight is 268 g/mol. The number of benzene rings is 1. The first kappa shape index (κ1) is 14.9. The quantitative estimate of drug-likeness (QED) is 0.807. The van der Waals surface area contributed by atoms with E-state index in [-0.39, 0.29) is 5.75 Å².